The molecule has 0 aromatic heterocycles. The zero-order valence-corrected chi connectivity index (χ0v) is 32.7. The molecule has 0 spiro atoms. The van der Waals surface area contributed by atoms with E-state index in [4.69, 9.17) is 9.47 Å². The van der Waals surface area contributed by atoms with Crippen LogP contribution in [0.2, 0.25) is 0 Å². The van der Waals surface area contributed by atoms with Crippen LogP contribution < -0.4 is 0 Å². The van der Waals surface area contributed by atoms with Crippen LogP contribution in [0.5, 0.6) is 0 Å². The van der Waals surface area contributed by atoms with Gasteiger partial charge < -0.3 is 24.8 Å². The van der Waals surface area contributed by atoms with Crippen molar-refractivity contribution in [2.45, 2.75) is 225 Å². The van der Waals surface area contributed by atoms with Crippen LogP contribution >= 0.6 is 0 Å². The van der Waals surface area contributed by atoms with Crippen molar-refractivity contribution < 1.29 is 34.4 Å². The zero-order valence-electron chi connectivity index (χ0n) is 32.7. The molecule has 0 bridgehead atoms. The standard InChI is InChI=1S/C41H81NO7/c1-5-9-11-13-15-21-28-38(7-3)48-40(46)30-23-17-19-26-36(44)34-42(32-25-33-43)35-37(45)27-20-18-24-31-41(47)49-39(8-4)29-22-16-14-12-10-6-2/h36-39,43-45H,5-35H2,1-4H3. The molecule has 0 saturated carbocycles. The molecule has 0 aromatic carbocycles. The summed E-state index contributed by atoms with van der Waals surface area (Å²) in [6.07, 6.45) is 25.3. The minimum absolute atomic E-state index is 0.0302. The van der Waals surface area contributed by atoms with Crippen molar-refractivity contribution in [3.63, 3.8) is 0 Å². The lowest BCUT2D eigenvalue weighted by Crippen LogP contribution is -2.39. The Hall–Kier alpha value is -1.22. The zero-order chi connectivity index (χ0) is 36.4. The van der Waals surface area contributed by atoms with Crippen molar-refractivity contribution >= 4 is 11.9 Å². The molecule has 0 radical (unpaired) electrons. The Morgan fingerprint density at radius 3 is 1.27 bits per heavy atom. The molecule has 0 amide bonds. The van der Waals surface area contributed by atoms with Gasteiger partial charge in [0.25, 0.3) is 0 Å². The van der Waals surface area contributed by atoms with Crippen LogP contribution in [0.4, 0.5) is 0 Å². The molecule has 0 rings (SSSR count). The Balaban J connectivity index is 4.16. The highest BCUT2D eigenvalue weighted by atomic mass is 16.5. The van der Waals surface area contributed by atoms with Gasteiger partial charge in [0, 0.05) is 39.1 Å². The molecule has 0 fully saturated rings. The number of esters is 2. The summed E-state index contributed by atoms with van der Waals surface area (Å²) in [6, 6.07) is 0. The van der Waals surface area contributed by atoms with Gasteiger partial charge in [-0.1, -0.05) is 118 Å². The summed E-state index contributed by atoms with van der Waals surface area (Å²) in [4.78, 5) is 26.7. The molecule has 4 atom stereocenters. The van der Waals surface area contributed by atoms with E-state index >= 15 is 0 Å². The first-order valence-corrected chi connectivity index (χ1v) is 20.9. The van der Waals surface area contributed by atoms with E-state index in [0.29, 0.717) is 51.7 Å². The normalized spacial score (nSPS) is 14.1. The average Bonchev–Trinajstić information content (AvgIpc) is 3.08. The molecule has 0 saturated heterocycles. The van der Waals surface area contributed by atoms with Gasteiger partial charge in [0.1, 0.15) is 12.2 Å². The van der Waals surface area contributed by atoms with E-state index in [2.05, 4.69) is 27.7 Å². The summed E-state index contributed by atoms with van der Waals surface area (Å²) >= 11 is 0. The molecule has 292 valence electrons. The van der Waals surface area contributed by atoms with Gasteiger partial charge in [0.15, 0.2) is 0 Å². The van der Waals surface area contributed by atoms with Crippen LogP contribution in [0.3, 0.4) is 0 Å². The van der Waals surface area contributed by atoms with E-state index in [0.717, 1.165) is 77.0 Å². The summed E-state index contributed by atoms with van der Waals surface area (Å²) < 4.78 is 11.4. The summed E-state index contributed by atoms with van der Waals surface area (Å²) in [5, 5.41) is 30.7. The molecule has 0 aromatic rings. The Bertz CT molecular complexity index is 681. The predicted molar refractivity (Wildman–Crippen MR) is 203 cm³/mol. The third-order valence-electron chi connectivity index (χ3n) is 9.67. The molecule has 8 heteroatoms. The first-order chi connectivity index (χ1) is 23.8. The quantitative estimate of drug-likeness (QED) is 0.0434. The van der Waals surface area contributed by atoms with Crippen LogP contribution in [0, 0.1) is 0 Å². The van der Waals surface area contributed by atoms with Gasteiger partial charge >= 0.3 is 11.9 Å². The second-order valence-electron chi connectivity index (χ2n) is 14.5. The molecular weight excluding hydrogens is 618 g/mol. The first kappa shape index (κ1) is 47.8. The molecule has 8 nitrogen and oxygen atoms in total. The minimum atomic E-state index is -0.515. The average molecular weight is 700 g/mol. The Morgan fingerprint density at radius 1 is 0.510 bits per heavy atom. The highest BCUT2D eigenvalue weighted by Gasteiger charge is 2.17. The number of unbranched alkanes of at least 4 members (excludes halogenated alkanes) is 14. The molecule has 0 aliphatic rings. The number of aliphatic hydroxyl groups is 3. The highest BCUT2D eigenvalue weighted by Crippen LogP contribution is 2.17. The van der Waals surface area contributed by atoms with E-state index in [-0.39, 0.29) is 30.8 Å². The maximum absolute atomic E-state index is 12.3. The number of hydrogen-bond donors (Lipinski definition) is 3. The highest BCUT2D eigenvalue weighted by molar-refractivity contribution is 5.69. The van der Waals surface area contributed by atoms with E-state index in [1.54, 1.807) is 0 Å². The van der Waals surface area contributed by atoms with Gasteiger partial charge in [-0.25, -0.2) is 0 Å². The minimum Gasteiger partial charge on any atom is -0.462 e. The number of hydrogen-bond acceptors (Lipinski definition) is 8. The number of carbonyl (C=O) groups excluding carboxylic acids is 2. The molecule has 0 heterocycles. The van der Waals surface area contributed by atoms with Crippen molar-refractivity contribution in [1.82, 2.24) is 4.90 Å². The molecule has 0 aliphatic heterocycles. The van der Waals surface area contributed by atoms with Crippen molar-refractivity contribution in [2.24, 2.45) is 0 Å². The van der Waals surface area contributed by atoms with Crippen LogP contribution in [-0.2, 0) is 19.1 Å². The van der Waals surface area contributed by atoms with Gasteiger partial charge in [-0.3, -0.25) is 14.5 Å². The van der Waals surface area contributed by atoms with Crippen LogP contribution in [0.25, 0.3) is 0 Å². The fraction of sp³-hybridized carbons (Fsp3) is 0.951. The summed E-state index contributed by atoms with van der Waals surface area (Å²) in [5.74, 6) is -0.210. The van der Waals surface area contributed by atoms with Crippen LogP contribution in [0.15, 0.2) is 0 Å². The topological polar surface area (TPSA) is 117 Å². The number of ether oxygens (including phenoxy) is 2. The number of aliphatic hydroxyl groups excluding tert-OH is 3. The van der Waals surface area contributed by atoms with E-state index < -0.39 is 12.2 Å². The smallest absolute Gasteiger partial charge is 0.306 e. The number of rotatable bonds is 37. The maximum Gasteiger partial charge on any atom is 0.306 e. The largest absolute Gasteiger partial charge is 0.462 e. The van der Waals surface area contributed by atoms with Gasteiger partial charge in [0.05, 0.1) is 12.2 Å². The lowest BCUT2D eigenvalue weighted by atomic mass is 10.1. The van der Waals surface area contributed by atoms with Crippen molar-refractivity contribution in [1.29, 1.82) is 0 Å². The number of carbonyl (C=O) groups is 2. The van der Waals surface area contributed by atoms with E-state index in [1.165, 1.54) is 64.2 Å². The predicted octanol–water partition coefficient (Wildman–Crippen LogP) is 9.44. The van der Waals surface area contributed by atoms with Gasteiger partial charge in [-0.05, 0) is 70.6 Å². The third kappa shape index (κ3) is 31.3. The van der Waals surface area contributed by atoms with Gasteiger partial charge in [-0.15, -0.1) is 0 Å². The first-order valence-electron chi connectivity index (χ1n) is 20.9. The second kappa shape index (κ2) is 35.2. The van der Waals surface area contributed by atoms with Crippen molar-refractivity contribution in [2.75, 3.05) is 26.2 Å². The molecular formula is C41H81NO7. The monoisotopic (exact) mass is 700 g/mol. The maximum atomic E-state index is 12.3. The molecule has 4 unspecified atom stereocenters. The van der Waals surface area contributed by atoms with Crippen LogP contribution in [0.1, 0.15) is 201 Å². The third-order valence-corrected chi connectivity index (χ3v) is 9.67. The number of nitrogens with zero attached hydrogens (tertiary/aromatic N) is 1. The van der Waals surface area contributed by atoms with Crippen LogP contribution in [-0.4, -0.2) is 82.8 Å². The van der Waals surface area contributed by atoms with Gasteiger partial charge in [-0.2, -0.15) is 0 Å². The van der Waals surface area contributed by atoms with E-state index in [9.17, 15) is 24.9 Å². The Morgan fingerprint density at radius 2 is 0.878 bits per heavy atom. The lowest BCUT2D eigenvalue weighted by Gasteiger charge is -2.27. The Labute approximate surface area is 302 Å². The second-order valence-corrected chi connectivity index (χ2v) is 14.5. The lowest BCUT2D eigenvalue weighted by molar-refractivity contribution is -0.150. The fourth-order valence-corrected chi connectivity index (χ4v) is 6.47. The summed E-state index contributed by atoms with van der Waals surface area (Å²) in [7, 11) is 0. The molecule has 0 aliphatic carbocycles. The van der Waals surface area contributed by atoms with Gasteiger partial charge in [0.2, 0.25) is 0 Å². The van der Waals surface area contributed by atoms with Crippen molar-refractivity contribution in [3.8, 4) is 0 Å². The summed E-state index contributed by atoms with van der Waals surface area (Å²) in [5.41, 5.74) is 0. The van der Waals surface area contributed by atoms with E-state index in [1.807, 2.05) is 4.90 Å². The summed E-state index contributed by atoms with van der Waals surface area (Å²) in [6.45, 7) is 10.2. The molecule has 49 heavy (non-hydrogen) atoms. The fourth-order valence-electron chi connectivity index (χ4n) is 6.47. The molecule has 3 N–H and O–H groups in total. The van der Waals surface area contributed by atoms with Crippen molar-refractivity contribution in [3.05, 3.63) is 0 Å². The Kier molecular flexibility index (Phi) is 34.3. The SMILES string of the molecule is CCCCCCCCC(CC)OC(=O)CCCCCC(O)CN(CCCO)CC(O)CCCCCC(=O)OC(CC)CCCCCCCC.